The smallest absolute Gasteiger partial charge is 0.283 e. The van der Waals surface area contributed by atoms with E-state index in [4.69, 9.17) is 27.9 Å². The van der Waals surface area contributed by atoms with Gasteiger partial charge in [0.25, 0.3) is 17.5 Å². The first-order valence-corrected chi connectivity index (χ1v) is 10.4. The van der Waals surface area contributed by atoms with Crippen LogP contribution in [0.3, 0.4) is 0 Å². The van der Waals surface area contributed by atoms with E-state index < -0.39 is 16.7 Å². The number of halogens is 2. The Morgan fingerprint density at radius 2 is 1.64 bits per heavy atom. The van der Waals surface area contributed by atoms with Crippen molar-refractivity contribution in [3.63, 3.8) is 0 Å². The second-order valence-corrected chi connectivity index (χ2v) is 7.79. The average Bonchev–Trinajstić information content (AvgIpc) is 3.02. The number of amides is 2. The number of nitro benzene ring substituents is 1. The molecule has 0 saturated carbocycles. The topological polar surface area (TPSA) is 102 Å². The van der Waals surface area contributed by atoms with Gasteiger partial charge in [-0.3, -0.25) is 19.7 Å². The Morgan fingerprint density at radius 1 is 0.939 bits per heavy atom. The number of ether oxygens (including phenoxy) is 1. The highest BCUT2D eigenvalue weighted by atomic mass is 35.5. The molecule has 2 amide bonds. The molecule has 1 heterocycles. The molecule has 1 aliphatic heterocycles. The first-order valence-electron chi connectivity index (χ1n) is 9.61. The number of rotatable bonds is 7. The highest BCUT2D eigenvalue weighted by Gasteiger charge is 2.39. The van der Waals surface area contributed by atoms with Crippen LogP contribution in [0.2, 0.25) is 5.02 Å². The molecule has 0 unspecified atom stereocenters. The summed E-state index contributed by atoms with van der Waals surface area (Å²) >= 11 is 12.0. The Labute approximate surface area is 198 Å². The van der Waals surface area contributed by atoms with Crippen LogP contribution in [0.1, 0.15) is 5.56 Å². The number of carbonyl (C=O) groups excluding carboxylic acids is 2. The fourth-order valence-electron chi connectivity index (χ4n) is 3.12. The third kappa shape index (κ3) is 4.82. The van der Waals surface area contributed by atoms with Gasteiger partial charge in [0.1, 0.15) is 23.1 Å². The fraction of sp³-hybridized carbons (Fsp3) is 0.0435. The van der Waals surface area contributed by atoms with Crippen LogP contribution in [0.15, 0.2) is 83.5 Å². The predicted octanol–water partition coefficient (Wildman–Crippen LogP) is 5.26. The van der Waals surface area contributed by atoms with Crippen LogP contribution in [0.25, 0.3) is 0 Å². The zero-order valence-corrected chi connectivity index (χ0v) is 18.3. The van der Waals surface area contributed by atoms with Gasteiger partial charge in [0.05, 0.1) is 10.6 Å². The number of hydrogen-bond donors (Lipinski definition) is 1. The van der Waals surface area contributed by atoms with Crippen molar-refractivity contribution in [3.8, 4) is 5.75 Å². The van der Waals surface area contributed by atoms with Crippen LogP contribution in [0, 0.1) is 10.1 Å². The Kier molecular flexibility index (Phi) is 6.30. The molecule has 33 heavy (non-hydrogen) atoms. The number of imide groups is 1. The molecule has 0 saturated heterocycles. The van der Waals surface area contributed by atoms with Gasteiger partial charge in [-0.1, -0.05) is 41.4 Å². The highest BCUT2D eigenvalue weighted by molar-refractivity contribution is 6.53. The predicted molar refractivity (Wildman–Crippen MR) is 124 cm³/mol. The van der Waals surface area contributed by atoms with E-state index in [-0.39, 0.29) is 22.1 Å². The molecule has 3 aromatic rings. The highest BCUT2D eigenvalue weighted by Crippen LogP contribution is 2.32. The van der Waals surface area contributed by atoms with Crippen molar-refractivity contribution in [2.75, 3.05) is 10.2 Å². The monoisotopic (exact) mass is 483 g/mol. The van der Waals surface area contributed by atoms with Gasteiger partial charge in [-0.25, -0.2) is 4.90 Å². The van der Waals surface area contributed by atoms with Gasteiger partial charge in [-0.05, 0) is 48.0 Å². The largest absolute Gasteiger partial charge is 0.489 e. The van der Waals surface area contributed by atoms with Gasteiger partial charge in [0.15, 0.2) is 0 Å². The standard InChI is InChI=1S/C23H15Cl2N3O5/c24-15-6-4-14(5-7-15)13-33-19-10-8-16(9-11-19)26-21-20(25)22(29)27(23(21)30)17-2-1-3-18(12-17)28(31)32/h1-12,26H,13H2. The van der Waals surface area contributed by atoms with Crippen LogP contribution in [-0.4, -0.2) is 16.7 Å². The molecule has 0 fully saturated rings. The Balaban J connectivity index is 1.45. The van der Waals surface area contributed by atoms with E-state index in [1.54, 1.807) is 36.4 Å². The second kappa shape index (κ2) is 9.32. The lowest BCUT2D eigenvalue weighted by Gasteiger charge is -2.15. The minimum atomic E-state index is -0.771. The summed E-state index contributed by atoms with van der Waals surface area (Å²) in [6.07, 6.45) is 0. The zero-order valence-electron chi connectivity index (χ0n) is 16.8. The summed E-state index contributed by atoms with van der Waals surface area (Å²) in [5.41, 5.74) is 1.14. The Morgan fingerprint density at radius 3 is 2.30 bits per heavy atom. The molecule has 0 radical (unpaired) electrons. The summed E-state index contributed by atoms with van der Waals surface area (Å²) < 4.78 is 5.73. The van der Waals surface area contributed by atoms with Gasteiger partial charge < -0.3 is 10.1 Å². The van der Waals surface area contributed by atoms with Crippen LogP contribution < -0.4 is 15.0 Å². The van der Waals surface area contributed by atoms with E-state index in [0.717, 1.165) is 16.5 Å². The first-order chi connectivity index (χ1) is 15.8. The number of nitrogens with zero attached hydrogens (tertiary/aromatic N) is 2. The third-order valence-electron chi connectivity index (χ3n) is 4.77. The fourth-order valence-corrected chi connectivity index (χ4v) is 3.46. The van der Waals surface area contributed by atoms with Crippen molar-refractivity contribution in [3.05, 3.63) is 104 Å². The molecule has 1 aliphatic rings. The first kappa shape index (κ1) is 22.3. The molecular weight excluding hydrogens is 469 g/mol. The summed E-state index contributed by atoms with van der Waals surface area (Å²) in [5.74, 6) is -0.885. The maximum Gasteiger partial charge on any atom is 0.283 e. The zero-order chi connectivity index (χ0) is 23.5. The van der Waals surface area contributed by atoms with Crippen LogP contribution >= 0.6 is 23.2 Å². The minimum absolute atomic E-state index is 0.0556. The molecule has 166 valence electrons. The number of nitrogens with one attached hydrogen (secondary N) is 1. The van der Waals surface area contributed by atoms with E-state index in [1.807, 2.05) is 12.1 Å². The number of benzene rings is 3. The molecule has 0 aromatic heterocycles. The van der Waals surface area contributed by atoms with E-state index in [0.29, 0.717) is 23.1 Å². The Hall–Kier alpha value is -3.88. The van der Waals surface area contributed by atoms with Crippen molar-refractivity contribution in [2.24, 2.45) is 0 Å². The van der Waals surface area contributed by atoms with Crippen LogP contribution in [-0.2, 0) is 16.2 Å². The maximum absolute atomic E-state index is 12.9. The van der Waals surface area contributed by atoms with E-state index >= 15 is 0 Å². The van der Waals surface area contributed by atoms with Gasteiger partial charge in [0, 0.05) is 22.8 Å². The lowest BCUT2D eigenvalue weighted by atomic mass is 10.2. The summed E-state index contributed by atoms with van der Waals surface area (Å²) in [6, 6.07) is 19.2. The van der Waals surface area contributed by atoms with E-state index in [2.05, 4.69) is 5.32 Å². The number of non-ortho nitro benzene ring substituents is 1. The van der Waals surface area contributed by atoms with Gasteiger partial charge >= 0.3 is 0 Å². The van der Waals surface area contributed by atoms with Crippen LogP contribution in [0.4, 0.5) is 17.1 Å². The van der Waals surface area contributed by atoms with Crippen molar-refractivity contribution < 1.29 is 19.2 Å². The third-order valence-corrected chi connectivity index (χ3v) is 5.37. The van der Waals surface area contributed by atoms with Crippen molar-refractivity contribution >= 4 is 52.1 Å². The van der Waals surface area contributed by atoms with Crippen LogP contribution in [0.5, 0.6) is 5.75 Å². The SMILES string of the molecule is O=C1C(Cl)=C(Nc2ccc(OCc3ccc(Cl)cc3)cc2)C(=O)N1c1cccc([N+](=O)[O-])c1. The molecule has 3 aromatic carbocycles. The molecule has 4 rings (SSSR count). The second-order valence-electron chi connectivity index (χ2n) is 6.98. The number of hydrogen-bond acceptors (Lipinski definition) is 6. The lowest BCUT2D eigenvalue weighted by Crippen LogP contribution is -2.32. The van der Waals surface area contributed by atoms with E-state index in [1.165, 1.54) is 18.2 Å². The lowest BCUT2D eigenvalue weighted by molar-refractivity contribution is -0.384. The summed E-state index contributed by atoms with van der Waals surface area (Å²) in [4.78, 5) is 36.6. The van der Waals surface area contributed by atoms with Gasteiger partial charge in [-0.2, -0.15) is 0 Å². The quantitative estimate of drug-likeness (QED) is 0.279. The van der Waals surface area contributed by atoms with E-state index in [9.17, 15) is 19.7 Å². The average molecular weight is 484 g/mol. The Bertz CT molecular complexity index is 1270. The molecular formula is C23H15Cl2N3O5. The van der Waals surface area contributed by atoms with Crippen molar-refractivity contribution in [1.82, 2.24) is 0 Å². The molecule has 0 atom stereocenters. The minimum Gasteiger partial charge on any atom is -0.489 e. The normalized spacial score (nSPS) is 13.5. The molecule has 0 spiro atoms. The van der Waals surface area contributed by atoms with Crippen molar-refractivity contribution in [1.29, 1.82) is 0 Å². The van der Waals surface area contributed by atoms with Gasteiger partial charge in [-0.15, -0.1) is 0 Å². The van der Waals surface area contributed by atoms with Crippen molar-refractivity contribution in [2.45, 2.75) is 6.61 Å². The summed E-state index contributed by atoms with van der Waals surface area (Å²) in [6.45, 7) is 0.353. The molecule has 1 N–H and O–H groups in total. The number of nitro groups is 1. The number of carbonyl (C=O) groups is 2. The summed E-state index contributed by atoms with van der Waals surface area (Å²) in [5, 5.41) is 14.2. The molecule has 0 aliphatic carbocycles. The van der Waals surface area contributed by atoms with Gasteiger partial charge in [0.2, 0.25) is 0 Å². The molecule has 0 bridgehead atoms. The molecule has 8 nitrogen and oxygen atoms in total. The maximum atomic E-state index is 12.9. The summed E-state index contributed by atoms with van der Waals surface area (Å²) in [7, 11) is 0. The molecule has 10 heteroatoms. The number of anilines is 2.